The van der Waals surface area contributed by atoms with E-state index in [2.05, 4.69) is 4.99 Å². The van der Waals surface area contributed by atoms with Crippen LogP contribution in [0.3, 0.4) is 0 Å². The first-order chi connectivity index (χ1) is 9.41. The molecule has 5 nitrogen and oxygen atoms in total. The number of halogens is 1. The van der Waals surface area contributed by atoms with Crippen molar-refractivity contribution in [2.24, 2.45) is 4.99 Å². The molecule has 110 valence electrons. The fraction of sp³-hybridized carbons (Fsp3) is 0.417. The van der Waals surface area contributed by atoms with E-state index >= 15 is 0 Å². The Morgan fingerprint density at radius 2 is 2.20 bits per heavy atom. The molecule has 0 fully saturated rings. The molecular weight excluding hydrogens is 301 g/mol. The number of benzene rings is 1. The highest BCUT2D eigenvalue weighted by Gasteiger charge is 2.30. The van der Waals surface area contributed by atoms with Gasteiger partial charge in [-0.15, -0.1) is 0 Å². The van der Waals surface area contributed by atoms with Crippen molar-refractivity contribution in [3.63, 3.8) is 0 Å². The molecule has 0 saturated carbocycles. The Balaban J connectivity index is 2.06. The highest BCUT2D eigenvalue weighted by atomic mass is 32.2. The molecule has 1 aromatic carbocycles. The Hall–Kier alpha value is -1.12. The summed E-state index contributed by atoms with van der Waals surface area (Å²) in [5, 5.41) is 0.461. The van der Waals surface area contributed by atoms with Crippen molar-refractivity contribution < 1.29 is 12.8 Å². The van der Waals surface area contributed by atoms with Gasteiger partial charge < -0.3 is 0 Å². The van der Waals surface area contributed by atoms with Crippen molar-refractivity contribution >= 4 is 27.1 Å². The van der Waals surface area contributed by atoms with Gasteiger partial charge >= 0.3 is 10.2 Å². The average molecular weight is 317 g/mol. The lowest BCUT2D eigenvalue weighted by Gasteiger charge is -2.23. The van der Waals surface area contributed by atoms with Crippen molar-refractivity contribution in [1.29, 1.82) is 0 Å². The van der Waals surface area contributed by atoms with Gasteiger partial charge in [0.15, 0.2) is 5.17 Å². The Labute approximate surface area is 122 Å². The van der Waals surface area contributed by atoms with Crippen LogP contribution in [-0.2, 0) is 16.0 Å². The normalized spacial score (nSPS) is 15.8. The SMILES string of the molecule is CN(C)S(=O)(=O)N1CCN=C1SCc1cccc(F)c1. The first kappa shape index (κ1) is 15.3. The van der Waals surface area contributed by atoms with Gasteiger partial charge in [0, 0.05) is 19.8 Å². The van der Waals surface area contributed by atoms with E-state index in [1.54, 1.807) is 12.1 Å². The monoisotopic (exact) mass is 317 g/mol. The van der Waals surface area contributed by atoms with Gasteiger partial charge in [-0.1, -0.05) is 23.9 Å². The van der Waals surface area contributed by atoms with Gasteiger partial charge in [-0.25, -0.2) is 8.70 Å². The number of thioether (sulfide) groups is 1. The molecule has 0 atom stereocenters. The smallest absolute Gasteiger partial charge is 0.260 e. The van der Waals surface area contributed by atoms with Crippen LogP contribution in [-0.4, -0.2) is 49.4 Å². The quantitative estimate of drug-likeness (QED) is 0.846. The largest absolute Gasteiger partial charge is 0.305 e. The molecule has 0 aromatic heterocycles. The molecule has 0 amide bonds. The van der Waals surface area contributed by atoms with E-state index in [9.17, 15) is 12.8 Å². The van der Waals surface area contributed by atoms with E-state index < -0.39 is 10.2 Å². The molecule has 8 heteroatoms. The Morgan fingerprint density at radius 1 is 1.45 bits per heavy atom. The van der Waals surface area contributed by atoms with Crippen LogP contribution in [0.2, 0.25) is 0 Å². The highest BCUT2D eigenvalue weighted by Crippen LogP contribution is 2.22. The number of hydrogen-bond donors (Lipinski definition) is 0. The van der Waals surface area contributed by atoms with Gasteiger partial charge in [0.25, 0.3) is 0 Å². The summed E-state index contributed by atoms with van der Waals surface area (Å²) in [6, 6.07) is 6.25. The lowest BCUT2D eigenvalue weighted by molar-refractivity contribution is 0.468. The molecule has 20 heavy (non-hydrogen) atoms. The summed E-state index contributed by atoms with van der Waals surface area (Å²) in [6.45, 7) is 0.810. The predicted octanol–water partition coefficient (Wildman–Crippen LogP) is 1.54. The lowest BCUT2D eigenvalue weighted by Crippen LogP contribution is -2.41. The second kappa shape index (κ2) is 6.11. The van der Waals surface area contributed by atoms with Gasteiger partial charge in [0.1, 0.15) is 5.82 Å². The Bertz CT molecular complexity index is 617. The zero-order chi connectivity index (χ0) is 14.8. The summed E-state index contributed by atoms with van der Waals surface area (Å²) in [6.07, 6.45) is 0. The van der Waals surface area contributed by atoms with Gasteiger partial charge in [-0.05, 0) is 17.7 Å². The van der Waals surface area contributed by atoms with Crippen LogP contribution in [0.5, 0.6) is 0 Å². The predicted molar refractivity (Wildman–Crippen MR) is 79.3 cm³/mol. The van der Waals surface area contributed by atoms with Crippen LogP contribution in [0.25, 0.3) is 0 Å². The molecule has 0 N–H and O–H groups in total. The summed E-state index contributed by atoms with van der Waals surface area (Å²) in [7, 11) is -0.520. The molecule has 0 bridgehead atoms. The van der Waals surface area contributed by atoms with Crippen LogP contribution in [0.15, 0.2) is 29.3 Å². The Morgan fingerprint density at radius 3 is 2.85 bits per heavy atom. The molecule has 0 unspecified atom stereocenters. The van der Waals surface area contributed by atoms with E-state index in [1.807, 2.05) is 0 Å². The van der Waals surface area contributed by atoms with Crippen molar-refractivity contribution in [2.75, 3.05) is 27.2 Å². The number of aliphatic imine (C=N–C) groups is 1. The zero-order valence-electron chi connectivity index (χ0n) is 11.3. The number of nitrogens with zero attached hydrogens (tertiary/aromatic N) is 3. The van der Waals surface area contributed by atoms with E-state index in [0.29, 0.717) is 24.0 Å². The van der Waals surface area contributed by atoms with Crippen LogP contribution >= 0.6 is 11.8 Å². The maximum atomic E-state index is 13.1. The van der Waals surface area contributed by atoms with Crippen molar-refractivity contribution in [2.45, 2.75) is 5.75 Å². The first-order valence-corrected chi connectivity index (χ1v) is 8.41. The number of hydrogen-bond acceptors (Lipinski definition) is 4. The molecule has 1 aliphatic heterocycles. The Kier molecular flexibility index (Phi) is 4.66. The van der Waals surface area contributed by atoms with Crippen LogP contribution < -0.4 is 0 Å². The summed E-state index contributed by atoms with van der Waals surface area (Å²) in [4.78, 5) is 4.21. The number of amidine groups is 1. The van der Waals surface area contributed by atoms with Gasteiger partial charge in [-0.3, -0.25) is 4.99 Å². The van der Waals surface area contributed by atoms with Gasteiger partial charge in [0.2, 0.25) is 0 Å². The third-order valence-corrected chi connectivity index (χ3v) is 5.80. The van der Waals surface area contributed by atoms with Crippen LogP contribution in [0.1, 0.15) is 5.56 Å². The maximum Gasteiger partial charge on any atom is 0.305 e. The van der Waals surface area contributed by atoms with Crippen molar-refractivity contribution in [1.82, 2.24) is 8.61 Å². The second-order valence-electron chi connectivity index (χ2n) is 4.45. The summed E-state index contributed by atoms with van der Waals surface area (Å²) >= 11 is 1.30. The van der Waals surface area contributed by atoms with Gasteiger partial charge in [0.05, 0.1) is 13.1 Å². The molecule has 2 rings (SSSR count). The molecule has 1 heterocycles. The maximum absolute atomic E-state index is 13.1. The summed E-state index contributed by atoms with van der Waals surface area (Å²) < 4.78 is 39.8. The fourth-order valence-corrected chi connectivity index (χ4v) is 4.01. The van der Waals surface area contributed by atoms with E-state index in [4.69, 9.17) is 0 Å². The lowest BCUT2D eigenvalue weighted by atomic mass is 10.2. The first-order valence-electron chi connectivity index (χ1n) is 6.03. The molecule has 0 aliphatic carbocycles. The summed E-state index contributed by atoms with van der Waals surface area (Å²) in [5.41, 5.74) is 0.798. The zero-order valence-corrected chi connectivity index (χ0v) is 12.9. The standard InChI is InChI=1S/C12H16FN3O2S2/c1-15(2)20(17,18)16-7-6-14-12(16)19-9-10-4-3-5-11(13)8-10/h3-5,8H,6-7,9H2,1-2H3. The fourth-order valence-electron chi connectivity index (χ4n) is 1.71. The minimum Gasteiger partial charge on any atom is -0.260 e. The molecular formula is C12H16FN3O2S2. The van der Waals surface area contributed by atoms with Crippen molar-refractivity contribution in [3.05, 3.63) is 35.6 Å². The van der Waals surface area contributed by atoms with Crippen molar-refractivity contribution in [3.8, 4) is 0 Å². The third kappa shape index (κ3) is 3.31. The molecule has 1 aliphatic rings. The molecule has 0 spiro atoms. The third-order valence-electron chi connectivity index (χ3n) is 2.76. The topological polar surface area (TPSA) is 53.0 Å². The molecule has 1 aromatic rings. The van der Waals surface area contributed by atoms with E-state index in [1.165, 1.54) is 42.3 Å². The molecule has 0 radical (unpaired) electrons. The average Bonchev–Trinajstić information content (AvgIpc) is 2.85. The summed E-state index contributed by atoms with van der Waals surface area (Å²) in [5.74, 6) is 0.185. The minimum atomic E-state index is -3.50. The van der Waals surface area contributed by atoms with Crippen LogP contribution in [0.4, 0.5) is 4.39 Å². The van der Waals surface area contributed by atoms with Gasteiger partial charge in [-0.2, -0.15) is 12.7 Å². The minimum absolute atomic E-state index is 0.297. The second-order valence-corrected chi connectivity index (χ2v) is 7.45. The van der Waals surface area contributed by atoms with E-state index in [-0.39, 0.29) is 5.82 Å². The highest BCUT2D eigenvalue weighted by molar-refractivity contribution is 8.14. The van der Waals surface area contributed by atoms with Crippen LogP contribution in [0, 0.1) is 5.82 Å². The number of rotatable bonds is 4. The van der Waals surface area contributed by atoms with E-state index in [0.717, 1.165) is 9.87 Å². The molecule has 0 saturated heterocycles.